The maximum absolute atomic E-state index is 12.2. The monoisotopic (exact) mass is 362 g/mol. The molecule has 6 nitrogen and oxygen atoms in total. The van der Waals surface area contributed by atoms with E-state index in [1.807, 2.05) is 17.5 Å². The van der Waals surface area contributed by atoms with Crippen LogP contribution in [0.4, 0.5) is 0 Å². The lowest BCUT2D eigenvalue weighted by Gasteiger charge is -2.09. The van der Waals surface area contributed by atoms with Gasteiger partial charge < -0.3 is 4.90 Å². The number of rotatable bonds is 4. The van der Waals surface area contributed by atoms with Crippen molar-refractivity contribution in [2.24, 2.45) is 0 Å². The van der Waals surface area contributed by atoms with Crippen molar-refractivity contribution in [3.05, 3.63) is 62.0 Å². The fraction of sp³-hybridized carbons (Fsp3) is 0.250. The van der Waals surface area contributed by atoms with E-state index >= 15 is 0 Å². The Balaban J connectivity index is 1.96. The number of nitrogens with zero attached hydrogens (tertiary/aromatic N) is 4. The van der Waals surface area contributed by atoms with Gasteiger partial charge in [0.15, 0.2) is 0 Å². The molecule has 2 aromatic heterocycles. The third-order valence-corrected chi connectivity index (χ3v) is 4.65. The third kappa shape index (κ3) is 3.47. The molecule has 8 heteroatoms. The second-order valence-electron chi connectivity index (χ2n) is 5.55. The predicted octanol–water partition coefficient (Wildman–Crippen LogP) is 2.03. The van der Waals surface area contributed by atoms with Gasteiger partial charge in [0.25, 0.3) is 5.56 Å². The number of benzene rings is 1. The molecule has 0 saturated carbocycles. The van der Waals surface area contributed by atoms with E-state index in [0.717, 1.165) is 11.3 Å². The SMILES string of the molecule is CN(C)C(=O)Cc1csc2nc(=O)c(Cc3ccc(Cl)cc3)nn12. The smallest absolute Gasteiger partial charge is 0.296 e. The molecule has 0 aliphatic heterocycles. The number of halogens is 1. The summed E-state index contributed by atoms with van der Waals surface area (Å²) >= 11 is 7.18. The summed E-state index contributed by atoms with van der Waals surface area (Å²) in [5, 5.41) is 6.86. The minimum absolute atomic E-state index is 0.0329. The van der Waals surface area contributed by atoms with Crippen LogP contribution in [-0.2, 0) is 17.6 Å². The number of thiazole rings is 1. The van der Waals surface area contributed by atoms with Crippen LogP contribution in [0.25, 0.3) is 4.96 Å². The van der Waals surface area contributed by atoms with Crippen molar-refractivity contribution in [1.29, 1.82) is 0 Å². The number of carbonyl (C=O) groups is 1. The molecule has 0 atom stereocenters. The van der Waals surface area contributed by atoms with E-state index in [-0.39, 0.29) is 17.9 Å². The Morgan fingerprint density at radius 2 is 2.00 bits per heavy atom. The van der Waals surface area contributed by atoms with Gasteiger partial charge in [-0.25, -0.2) is 4.52 Å². The fourth-order valence-electron chi connectivity index (χ4n) is 2.18. The van der Waals surface area contributed by atoms with Gasteiger partial charge in [0.05, 0.1) is 12.1 Å². The average molecular weight is 363 g/mol. The first-order valence-electron chi connectivity index (χ1n) is 7.25. The molecule has 24 heavy (non-hydrogen) atoms. The van der Waals surface area contributed by atoms with Gasteiger partial charge in [0.2, 0.25) is 10.9 Å². The molecule has 0 saturated heterocycles. The van der Waals surface area contributed by atoms with Crippen LogP contribution in [0.2, 0.25) is 5.02 Å². The highest BCUT2D eigenvalue weighted by molar-refractivity contribution is 7.15. The van der Waals surface area contributed by atoms with Crippen molar-refractivity contribution >= 4 is 33.8 Å². The minimum Gasteiger partial charge on any atom is -0.348 e. The van der Waals surface area contributed by atoms with E-state index in [0.29, 0.717) is 22.1 Å². The van der Waals surface area contributed by atoms with E-state index < -0.39 is 0 Å². The normalized spacial score (nSPS) is 11.0. The van der Waals surface area contributed by atoms with Crippen molar-refractivity contribution in [3.8, 4) is 0 Å². The largest absolute Gasteiger partial charge is 0.348 e. The van der Waals surface area contributed by atoms with Gasteiger partial charge in [-0.2, -0.15) is 10.1 Å². The summed E-state index contributed by atoms with van der Waals surface area (Å²) in [6.07, 6.45) is 0.577. The van der Waals surface area contributed by atoms with E-state index in [1.165, 1.54) is 16.2 Å². The van der Waals surface area contributed by atoms with E-state index in [1.54, 1.807) is 30.7 Å². The number of fused-ring (bicyclic) bond motifs is 1. The number of hydrogen-bond acceptors (Lipinski definition) is 5. The van der Waals surface area contributed by atoms with Gasteiger partial charge in [-0.3, -0.25) is 9.59 Å². The lowest BCUT2D eigenvalue weighted by molar-refractivity contribution is -0.128. The first-order chi connectivity index (χ1) is 11.4. The van der Waals surface area contributed by atoms with Crippen molar-refractivity contribution in [3.63, 3.8) is 0 Å². The number of amides is 1. The molecule has 3 rings (SSSR count). The molecule has 0 radical (unpaired) electrons. The Hall–Kier alpha value is -2.25. The Labute approximate surface area is 147 Å². The summed E-state index contributed by atoms with van der Waals surface area (Å²) in [5.74, 6) is -0.0329. The maximum atomic E-state index is 12.2. The summed E-state index contributed by atoms with van der Waals surface area (Å²) in [4.78, 5) is 30.2. The second kappa shape index (κ2) is 6.70. The van der Waals surface area contributed by atoms with Gasteiger partial charge in [0, 0.05) is 30.9 Å². The lowest BCUT2D eigenvalue weighted by Crippen LogP contribution is -2.25. The van der Waals surface area contributed by atoms with Crippen LogP contribution in [0.15, 0.2) is 34.4 Å². The molecule has 0 bridgehead atoms. The van der Waals surface area contributed by atoms with Crippen LogP contribution in [0.3, 0.4) is 0 Å². The van der Waals surface area contributed by atoms with Gasteiger partial charge in [0.1, 0.15) is 5.69 Å². The second-order valence-corrected chi connectivity index (χ2v) is 6.83. The van der Waals surface area contributed by atoms with Crippen molar-refractivity contribution < 1.29 is 4.79 Å². The summed E-state index contributed by atoms with van der Waals surface area (Å²) in [7, 11) is 3.41. The molecule has 1 aromatic carbocycles. The quantitative estimate of drug-likeness (QED) is 0.712. The maximum Gasteiger partial charge on any atom is 0.296 e. The van der Waals surface area contributed by atoms with E-state index in [4.69, 9.17) is 11.6 Å². The topological polar surface area (TPSA) is 67.6 Å². The molecule has 0 aliphatic rings. The van der Waals surface area contributed by atoms with Crippen molar-refractivity contribution in [2.75, 3.05) is 14.1 Å². The van der Waals surface area contributed by atoms with Gasteiger partial charge in [-0.1, -0.05) is 23.7 Å². The average Bonchev–Trinajstić information content (AvgIpc) is 2.91. The summed E-state index contributed by atoms with van der Waals surface area (Å²) in [6.45, 7) is 0. The highest BCUT2D eigenvalue weighted by atomic mass is 35.5. The first-order valence-corrected chi connectivity index (χ1v) is 8.50. The number of aromatic nitrogens is 3. The summed E-state index contributed by atoms with van der Waals surface area (Å²) in [6, 6.07) is 7.24. The van der Waals surface area contributed by atoms with E-state index in [9.17, 15) is 9.59 Å². The van der Waals surface area contributed by atoms with Crippen molar-refractivity contribution in [2.45, 2.75) is 12.8 Å². The fourth-order valence-corrected chi connectivity index (χ4v) is 3.12. The number of carbonyl (C=O) groups excluding carboxylic acids is 1. The van der Waals surface area contributed by atoms with Crippen LogP contribution in [-0.4, -0.2) is 39.5 Å². The molecule has 2 heterocycles. The van der Waals surface area contributed by atoms with Crippen LogP contribution >= 0.6 is 22.9 Å². The Morgan fingerprint density at radius 3 is 2.67 bits per heavy atom. The molecule has 0 aliphatic carbocycles. The van der Waals surface area contributed by atoms with Gasteiger partial charge in [-0.15, -0.1) is 11.3 Å². The molecule has 0 fully saturated rings. The van der Waals surface area contributed by atoms with Crippen molar-refractivity contribution in [1.82, 2.24) is 19.5 Å². The molecule has 0 N–H and O–H groups in total. The van der Waals surface area contributed by atoms with Crippen LogP contribution in [0.5, 0.6) is 0 Å². The molecule has 0 unspecified atom stereocenters. The predicted molar refractivity (Wildman–Crippen MR) is 93.8 cm³/mol. The zero-order valence-corrected chi connectivity index (χ0v) is 14.8. The molecule has 1 amide bonds. The van der Waals surface area contributed by atoms with Gasteiger partial charge in [-0.05, 0) is 17.7 Å². The number of hydrogen-bond donors (Lipinski definition) is 0. The van der Waals surface area contributed by atoms with Crippen LogP contribution < -0.4 is 5.56 Å². The summed E-state index contributed by atoms with van der Waals surface area (Å²) in [5.41, 5.74) is 1.63. The standard InChI is InChI=1S/C16H15ClN4O2S/c1-20(2)14(22)8-12-9-24-16-18-15(23)13(19-21(12)16)7-10-3-5-11(17)6-4-10/h3-6,9H,7-8H2,1-2H3. The zero-order valence-electron chi connectivity index (χ0n) is 13.2. The van der Waals surface area contributed by atoms with Crippen LogP contribution in [0, 0.1) is 0 Å². The zero-order chi connectivity index (χ0) is 17.3. The molecular weight excluding hydrogens is 348 g/mol. The Bertz CT molecular complexity index is 947. The molecule has 124 valence electrons. The number of likely N-dealkylation sites (N-methyl/N-ethyl adjacent to an activating group) is 1. The highest BCUT2D eigenvalue weighted by Crippen LogP contribution is 2.15. The highest BCUT2D eigenvalue weighted by Gasteiger charge is 2.14. The lowest BCUT2D eigenvalue weighted by atomic mass is 10.1. The van der Waals surface area contributed by atoms with E-state index in [2.05, 4.69) is 10.1 Å². The van der Waals surface area contributed by atoms with Crippen LogP contribution in [0.1, 0.15) is 17.0 Å². The summed E-state index contributed by atoms with van der Waals surface area (Å²) < 4.78 is 1.58. The molecule has 0 spiro atoms. The molecular formula is C16H15ClN4O2S. The third-order valence-electron chi connectivity index (χ3n) is 3.53. The van der Waals surface area contributed by atoms with Gasteiger partial charge >= 0.3 is 0 Å². The molecule has 3 aromatic rings. The Morgan fingerprint density at radius 1 is 1.29 bits per heavy atom. The Kier molecular flexibility index (Phi) is 4.64. The first kappa shape index (κ1) is 16.6. The minimum atomic E-state index is -0.350.